The van der Waals surface area contributed by atoms with Gasteiger partial charge in [0.1, 0.15) is 5.82 Å². The van der Waals surface area contributed by atoms with E-state index in [2.05, 4.69) is 20.2 Å². The lowest BCUT2D eigenvalue weighted by molar-refractivity contribution is -0.114. The highest BCUT2D eigenvalue weighted by Gasteiger charge is 2.13. The molecule has 0 radical (unpaired) electrons. The van der Waals surface area contributed by atoms with Crippen LogP contribution in [0.4, 0.5) is 5.69 Å². The second-order valence-corrected chi connectivity index (χ2v) is 4.97. The van der Waals surface area contributed by atoms with Gasteiger partial charge in [-0.05, 0) is 17.7 Å². The third-order valence-electron chi connectivity index (χ3n) is 3.48. The van der Waals surface area contributed by atoms with Crippen LogP contribution in [0.2, 0.25) is 0 Å². The number of hydrogen-bond donors (Lipinski definition) is 2. The zero-order valence-corrected chi connectivity index (χ0v) is 11.5. The fourth-order valence-electron chi connectivity index (χ4n) is 2.54. The highest BCUT2D eigenvalue weighted by atomic mass is 16.1. The molecule has 1 aromatic carbocycles. The highest BCUT2D eigenvalue weighted by Crippen LogP contribution is 2.23. The minimum absolute atomic E-state index is 0.0537. The number of carbonyl (C=O) groups excluding carboxylic acids is 1. The van der Waals surface area contributed by atoms with E-state index in [-0.39, 0.29) is 5.91 Å². The number of nitrogens with zero attached hydrogens (tertiary/aromatic N) is 2. The van der Waals surface area contributed by atoms with Crippen molar-refractivity contribution in [3.05, 3.63) is 36.3 Å². The molecule has 5 nitrogen and oxygen atoms in total. The summed E-state index contributed by atoms with van der Waals surface area (Å²) in [6.45, 7) is 4.41. The largest absolute Gasteiger partial charge is 0.327 e. The molecule has 3 rings (SSSR count). The molecule has 1 aromatic heterocycles. The summed E-state index contributed by atoms with van der Waals surface area (Å²) in [5.41, 5.74) is 3.08. The van der Waals surface area contributed by atoms with Gasteiger partial charge in [-0.15, -0.1) is 0 Å². The van der Waals surface area contributed by atoms with Crippen LogP contribution in [0.15, 0.2) is 30.5 Å². The van der Waals surface area contributed by atoms with E-state index in [1.807, 2.05) is 30.5 Å². The standard InChI is InChI=1S/C15H18N4O/c1-11(20)18-13-4-2-12(3-5-13)14-10-17-15-6-7-16-8-9-19(14)15/h2-5,10,16H,6-9H2,1H3,(H,18,20). The minimum Gasteiger partial charge on any atom is -0.327 e. The first-order chi connectivity index (χ1) is 9.74. The van der Waals surface area contributed by atoms with Gasteiger partial charge in [0, 0.05) is 38.7 Å². The molecule has 0 unspecified atom stereocenters. The van der Waals surface area contributed by atoms with Crippen molar-refractivity contribution in [1.29, 1.82) is 0 Å². The Morgan fingerprint density at radius 2 is 2.10 bits per heavy atom. The summed E-state index contributed by atoms with van der Waals surface area (Å²) in [4.78, 5) is 15.5. The smallest absolute Gasteiger partial charge is 0.221 e. The zero-order valence-electron chi connectivity index (χ0n) is 11.5. The maximum absolute atomic E-state index is 11.0. The van der Waals surface area contributed by atoms with E-state index in [4.69, 9.17) is 0 Å². The Labute approximate surface area is 118 Å². The molecule has 1 aliphatic rings. The fourth-order valence-corrected chi connectivity index (χ4v) is 2.54. The van der Waals surface area contributed by atoms with Crippen LogP contribution in [0.5, 0.6) is 0 Å². The van der Waals surface area contributed by atoms with E-state index in [0.717, 1.165) is 48.8 Å². The van der Waals surface area contributed by atoms with Crippen LogP contribution in [0.3, 0.4) is 0 Å². The average Bonchev–Trinajstić information content (AvgIpc) is 2.68. The number of imidazole rings is 1. The van der Waals surface area contributed by atoms with E-state index < -0.39 is 0 Å². The first-order valence-electron chi connectivity index (χ1n) is 6.87. The quantitative estimate of drug-likeness (QED) is 0.872. The van der Waals surface area contributed by atoms with Gasteiger partial charge < -0.3 is 15.2 Å². The molecule has 0 saturated carbocycles. The molecule has 2 N–H and O–H groups in total. The van der Waals surface area contributed by atoms with Crippen molar-refractivity contribution in [2.45, 2.75) is 19.9 Å². The molecular weight excluding hydrogens is 252 g/mol. The lowest BCUT2D eigenvalue weighted by atomic mass is 10.1. The number of aromatic nitrogens is 2. The molecule has 0 spiro atoms. The molecule has 2 heterocycles. The lowest BCUT2D eigenvalue weighted by Gasteiger charge is -2.09. The molecule has 1 amide bonds. The molecule has 5 heteroatoms. The Morgan fingerprint density at radius 1 is 1.30 bits per heavy atom. The summed E-state index contributed by atoms with van der Waals surface area (Å²) in [6.07, 6.45) is 2.90. The first kappa shape index (κ1) is 12.9. The van der Waals surface area contributed by atoms with Crippen LogP contribution in [-0.4, -0.2) is 28.5 Å². The van der Waals surface area contributed by atoms with Gasteiger partial charge in [0.25, 0.3) is 0 Å². The van der Waals surface area contributed by atoms with Crippen molar-refractivity contribution in [3.8, 4) is 11.3 Å². The predicted octanol–water partition coefficient (Wildman–Crippen LogP) is 1.65. The molecule has 0 saturated heterocycles. The Bertz CT molecular complexity index is 615. The topological polar surface area (TPSA) is 59.0 Å². The molecular formula is C15H18N4O. The van der Waals surface area contributed by atoms with Crippen LogP contribution in [0, 0.1) is 0 Å². The van der Waals surface area contributed by atoms with E-state index >= 15 is 0 Å². The van der Waals surface area contributed by atoms with E-state index in [9.17, 15) is 4.79 Å². The number of anilines is 1. The van der Waals surface area contributed by atoms with Crippen molar-refractivity contribution >= 4 is 11.6 Å². The van der Waals surface area contributed by atoms with E-state index in [1.54, 1.807) is 0 Å². The second-order valence-electron chi connectivity index (χ2n) is 4.97. The molecule has 104 valence electrons. The summed E-state index contributed by atoms with van der Waals surface area (Å²) < 4.78 is 2.27. The maximum Gasteiger partial charge on any atom is 0.221 e. The molecule has 0 fully saturated rings. The summed E-state index contributed by atoms with van der Waals surface area (Å²) in [7, 11) is 0. The van der Waals surface area contributed by atoms with E-state index in [1.165, 1.54) is 6.92 Å². The third kappa shape index (κ3) is 2.58. The van der Waals surface area contributed by atoms with Gasteiger partial charge >= 0.3 is 0 Å². The summed E-state index contributed by atoms with van der Waals surface area (Å²) in [5, 5.41) is 6.16. The number of rotatable bonds is 2. The lowest BCUT2D eigenvalue weighted by Crippen LogP contribution is -2.17. The fraction of sp³-hybridized carbons (Fsp3) is 0.333. The molecule has 2 aromatic rings. The van der Waals surface area contributed by atoms with Gasteiger partial charge in [-0.2, -0.15) is 0 Å². The monoisotopic (exact) mass is 270 g/mol. The summed E-state index contributed by atoms with van der Waals surface area (Å²) in [5.74, 6) is 1.08. The van der Waals surface area contributed by atoms with Gasteiger partial charge in [0.05, 0.1) is 11.9 Å². The van der Waals surface area contributed by atoms with Crippen molar-refractivity contribution < 1.29 is 4.79 Å². The van der Waals surface area contributed by atoms with Crippen LogP contribution in [0.25, 0.3) is 11.3 Å². The van der Waals surface area contributed by atoms with Crippen LogP contribution in [-0.2, 0) is 17.8 Å². The van der Waals surface area contributed by atoms with Crippen molar-refractivity contribution in [2.24, 2.45) is 0 Å². The zero-order chi connectivity index (χ0) is 13.9. The van der Waals surface area contributed by atoms with Crippen LogP contribution in [0.1, 0.15) is 12.7 Å². The molecule has 20 heavy (non-hydrogen) atoms. The summed E-state index contributed by atoms with van der Waals surface area (Å²) in [6, 6.07) is 7.89. The number of amides is 1. The average molecular weight is 270 g/mol. The van der Waals surface area contributed by atoms with E-state index in [0.29, 0.717) is 0 Å². The van der Waals surface area contributed by atoms with Gasteiger partial charge in [-0.1, -0.05) is 12.1 Å². The molecule has 1 aliphatic heterocycles. The Kier molecular flexibility index (Phi) is 3.52. The van der Waals surface area contributed by atoms with Gasteiger partial charge in [-0.25, -0.2) is 4.98 Å². The Balaban J connectivity index is 1.89. The Morgan fingerprint density at radius 3 is 2.85 bits per heavy atom. The number of hydrogen-bond acceptors (Lipinski definition) is 3. The molecule has 0 bridgehead atoms. The molecule has 0 atom stereocenters. The minimum atomic E-state index is -0.0537. The van der Waals surface area contributed by atoms with Crippen LogP contribution < -0.4 is 10.6 Å². The number of carbonyl (C=O) groups is 1. The third-order valence-corrected chi connectivity index (χ3v) is 3.48. The first-order valence-corrected chi connectivity index (χ1v) is 6.87. The number of fused-ring (bicyclic) bond motifs is 1. The highest BCUT2D eigenvalue weighted by molar-refractivity contribution is 5.88. The second kappa shape index (κ2) is 5.46. The van der Waals surface area contributed by atoms with Crippen LogP contribution >= 0.6 is 0 Å². The van der Waals surface area contributed by atoms with Gasteiger partial charge in [0.15, 0.2) is 0 Å². The number of nitrogens with one attached hydrogen (secondary N) is 2. The predicted molar refractivity (Wildman–Crippen MR) is 78.5 cm³/mol. The Hall–Kier alpha value is -2.14. The summed E-state index contributed by atoms with van der Waals surface area (Å²) >= 11 is 0. The SMILES string of the molecule is CC(=O)Nc1ccc(-c2cnc3n2CCNCC3)cc1. The van der Waals surface area contributed by atoms with Gasteiger partial charge in [-0.3, -0.25) is 4.79 Å². The van der Waals surface area contributed by atoms with Crippen molar-refractivity contribution in [3.63, 3.8) is 0 Å². The van der Waals surface area contributed by atoms with Gasteiger partial charge in [0.2, 0.25) is 5.91 Å². The maximum atomic E-state index is 11.0. The number of benzene rings is 1. The van der Waals surface area contributed by atoms with Crippen molar-refractivity contribution in [2.75, 3.05) is 18.4 Å². The molecule has 0 aliphatic carbocycles. The normalized spacial score (nSPS) is 14.4. The van der Waals surface area contributed by atoms with Crippen molar-refractivity contribution in [1.82, 2.24) is 14.9 Å².